The summed E-state index contributed by atoms with van der Waals surface area (Å²) in [5.41, 5.74) is 9.90. The Kier molecular flexibility index (Phi) is 4.19. The molecule has 0 fully saturated rings. The fraction of sp³-hybridized carbons (Fsp3) is 0.471. The van der Waals surface area contributed by atoms with Gasteiger partial charge >= 0.3 is 0 Å². The fourth-order valence-corrected chi connectivity index (χ4v) is 3.29. The van der Waals surface area contributed by atoms with Crippen molar-refractivity contribution in [3.63, 3.8) is 0 Å². The topological polar surface area (TPSA) is 38.9 Å². The molecule has 2 N–H and O–H groups in total. The lowest BCUT2D eigenvalue weighted by Crippen LogP contribution is -2.10. The van der Waals surface area contributed by atoms with E-state index in [1.54, 1.807) is 11.3 Å². The summed E-state index contributed by atoms with van der Waals surface area (Å²) in [5, 5.41) is 0.676. The van der Waals surface area contributed by atoms with Gasteiger partial charge in [-0.2, -0.15) is 0 Å². The van der Waals surface area contributed by atoms with Gasteiger partial charge in [0.1, 0.15) is 0 Å². The maximum atomic E-state index is 5.86. The lowest BCUT2D eigenvalue weighted by Gasteiger charge is -2.19. The van der Waals surface area contributed by atoms with Crippen LogP contribution < -0.4 is 5.73 Å². The minimum Gasteiger partial charge on any atom is -0.375 e. The maximum Gasteiger partial charge on any atom is 0.180 e. The van der Waals surface area contributed by atoms with Crippen LogP contribution in [0.3, 0.4) is 0 Å². The summed E-state index contributed by atoms with van der Waals surface area (Å²) in [4.78, 5) is 5.75. The highest BCUT2D eigenvalue weighted by atomic mass is 32.1. The number of benzene rings is 1. The molecule has 0 spiro atoms. The van der Waals surface area contributed by atoms with Crippen molar-refractivity contribution >= 4 is 16.5 Å². The van der Waals surface area contributed by atoms with E-state index in [1.807, 2.05) is 0 Å². The zero-order chi connectivity index (χ0) is 14.9. The highest BCUT2D eigenvalue weighted by Gasteiger charge is 2.15. The van der Waals surface area contributed by atoms with Crippen LogP contribution in [0.25, 0.3) is 0 Å². The SMILES string of the molecule is CC(C)c1nc(N)sc1Cc1ccc(C(C)(C)C)cc1. The minimum atomic E-state index is 0.205. The third-order valence-electron chi connectivity index (χ3n) is 3.48. The molecular weight excluding hydrogens is 264 g/mol. The van der Waals surface area contributed by atoms with Crippen LogP contribution in [0.1, 0.15) is 62.2 Å². The number of thiazole rings is 1. The van der Waals surface area contributed by atoms with E-state index in [2.05, 4.69) is 63.9 Å². The van der Waals surface area contributed by atoms with E-state index in [4.69, 9.17) is 5.73 Å². The van der Waals surface area contributed by atoms with Crippen LogP contribution in [0.5, 0.6) is 0 Å². The molecule has 0 aliphatic carbocycles. The van der Waals surface area contributed by atoms with Crippen molar-refractivity contribution in [3.8, 4) is 0 Å². The van der Waals surface area contributed by atoms with Crippen LogP contribution in [0.4, 0.5) is 5.13 Å². The van der Waals surface area contributed by atoms with Gasteiger partial charge in [0.25, 0.3) is 0 Å². The number of rotatable bonds is 3. The average molecular weight is 288 g/mol. The van der Waals surface area contributed by atoms with Crippen LogP contribution in [0.2, 0.25) is 0 Å². The Bertz CT molecular complexity index is 574. The molecule has 0 saturated carbocycles. The maximum absolute atomic E-state index is 5.86. The highest BCUT2D eigenvalue weighted by molar-refractivity contribution is 7.15. The normalized spacial score (nSPS) is 12.1. The quantitative estimate of drug-likeness (QED) is 0.886. The van der Waals surface area contributed by atoms with Gasteiger partial charge in [-0.15, -0.1) is 11.3 Å². The number of hydrogen-bond donors (Lipinski definition) is 1. The van der Waals surface area contributed by atoms with Crippen molar-refractivity contribution in [2.75, 3.05) is 5.73 Å². The summed E-state index contributed by atoms with van der Waals surface area (Å²) in [6.45, 7) is 11.1. The Morgan fingerprint density at radius 2 is 1.75 bits per heavy atom. The van der Waals surface area contributed by atoms with Gasteiger partial charge < -0.3 is 5.73 Å². The van der Waals surface area contributed by atoms with Crippen LogP contribution in [0.15, 0.2) is 24.3 Å². The molecule has 1 aromatic carbocycles. The molecule has 0 atom stereocenters. The summed E-state index contributed by atoms with van der Waals surface area (Å²) in [6.07, 6.45) is 0.923. The van der Waals surface area contributed by atoms with E-state index < -0.39 is 0 Å². The summed E-state index contributed by atoms with van der Waals surface area (Å²) in [5.74, 6) is 0.424. The number of nitrogen functional groups attached to an aromatic ring is 1. The third-order valence-corrected chi connectivity index (χ3v) is 4.38. The zero-order valence-electron chi connectivity index (χ0n) is 13.0. The van der Waals surface area contributed by atoms with Gasteiger partial charge in [0.2, 0.25) is 0 Å². The molecular formula is C17H24N2S. The first-order valence-electron chi connectivity index (χ1n) is 7.12. The molecule has 3 heteroatoms. The zero-order valence-corrected chi connectivity index (χ0v) is 13.8. The Morgan fingerprint density at radius 3 is 2.25 bits per heavy atom. The first-order valence-corrected chi connectivity index (χ1v) is 7.93. The molecule has 0 unspecified atom stereocenters. The Labute approximate surface area is 126 Å². The second-order valence-corrected chi connectivity index (χ2v) is 7.75. The Morgan fingerprint density at radius 1 is 1.15 bits per heavy atom. The van der Waals surface area contributed by atoms with E-state index in [0.717, 1.165) is 12.1 Å². The van der Waals surface area contributed by atoms with Crippen LogP contribution >= 0.6 is 11.3 Å². The van der Waals surface area contributed by atoms with Gasteiger partial charge in [0, 0.05) is 11.3 Å². The highest BCUT2D eigenvalue weighted by Crippen LogP contribution is 2.29. The number of anilines is 1. The lowest BCUT2D eigenvalue weighted by atomic mass is 9.86. The van der Waals surface area contributed by atoms with E-state index in [-0.39, 0.29) is 5.41 Å². The van der Waals surface area contributed by atoms with Gasteiger partial charge in [-0.25, -0.2) is 4.98 Å². The van der Waals surface area contributed by atoms with E-state index in [9.17, 15) is 0 Å². The van der Waals surface area contributed by atoms with Gasteiger partial charge in [0.15, 0.2) is 5.13 Å². The molecule has 0 aliphatic rings. The van der Waals surface area contributed by atoms with Crippen molar-refractivity contribution in [2.45, 2.75) is 52.4 Å². The van der Waals surface area contributed by atoms with Crippen LogP contribution in [-0.4, -0.2) is 4.98 Å². The van der Waals surface area contributed by atoms with Gasteiger partial charge in [0.05, 0.1) is 5.69 Å². The van der Waals surface area contributed by atoms with Gasteiger partial charge in [-0.3, -0.25) is 0 Å². The number of nitrogens with two attached hydrogens (primary N) is 1. The number of hydrogen-bond acceptors (Lipinski definition) is 3. The molecule has 2 nitrogen and oxygen atoms in total. The number of aromatic nitrogens is 1. The monoisotopic (exact) mass is 288 g/mol. The summed E-state index contributed by atoms with van der Waals surface area (Å²) in [7, 11) is 0. The molecule has 20 heavy (non-hydrogen) atoms. The molecule has 0 amide bonds. The Balaban J connectivity index is 2.22. The van der Waals surface area contributed by atoms with Crippen molar-refractivity contribution in [1.29, 1.82) is 0 Å². The van der Waals surface area contributed by atoms with Crippen LogP contribution in [0, 0.1) is 0 Å². The minimum absolute atomic E-state index is 0.205. The smallest absolute Gasteiger partial charge is 0.180 e. The number of nitrogens with zero attached hydrogens (tertiary/aromatic N) is 1. The predicted octanol–water partition coefficient (Wildman–Crippen LogP) is 4.74. The van der Waals surface area contributed by atoms with Gasteiger partial charge in [-0.05, 0) is 22.5 Å². The molecule has 1 heterocycles. The van der Waals surface area contributed by atoms with Gasteiger partial charge in [-0.1, -0.05) is 58.9 Å². The third kappa shape index (κ3) is 3.40. The van der Waals surface area contributed by atoms with E-state index in [1.165, 1.54) is 16.0 Å². The first kappa shape index (κ1) is 15.0. The predicted molar refractivity (Wildman–Crippen MR) is 88.6 cm³/mol. The molecule has 0 saturated heterocycles. The average Bonchev–Trinajstić information content (AvgIpc) is 2.70. The van der Waals surface area contributed by atoms with E-state index >= 15 is 0 Å². The van der Waals surface area contributed by atoms with Crippen molar-refractivity contribution in [2.24, 2.45) is 0 Å². The van der Waals surface area contributed by atoms with E-state index in [0.29, 0.717) is 11.0 Å². The lowest BCUT2D eigenvalue weighted by molar-refractivity contribution is 0.590. The molecule has 0 aliphatic heterocycles. The standard InChI is InChI=1S/C17H24N2S/c1-11(2)15-14(20-16(18)19-15)10-12-6-8-13(9-7-12)17(3,4)5/h6-9,11H,10H2,1-5H3,(H2,18,19). The molecule has 2 aromatic rings. The first-order chi connectivity index (χ1) is 9.27. The summed E-state index contributed by atoms with van der Waals surface area (Å²) < 4.78 is 0. The summed E-state index contributed by atoms with van der Waals surface area (Å²) in [6, 6.07) is 8.91. The van der Waals surface area contributed by atoms with Crippen molar-refractivity contribution < 1.29 is 0 Å². The van der Waals surface area contributed by atoms with Crippen molar-refractivity contribution in [3.05, 3.63) is 46.0 Å². The Hall–Kier alpha value is -1.35. The molecule has 0 radical (unpaired) electrons. The fourth-order valence-electron chi connectivity index (χ4n) is 2.27. The molecule has 108 valence electrons. The molecule has 1 aromatic heterocycles. The van der Waals surface area contributed by atoms with Crippen LogP contribution in [-0.2, 0) is 11.8 Å². The largest absolute Gasteiger partial charge is 0.375 e. The second kappa shape index (κ2) is 5.57. The molecule has 2 rings (SSSR count). The second-order valence-electron chi connectivity index (χ2n) is 6.64. The summed E-state index contributed by atoms with van der Waals surface area (Å²) >= 11 is 1.61. The van der Waals surface area contributed by atoms with Crippen molar-refractivity contribution in [1.82, 2.24) is 4.98 Å². The molecule has 0 bridgehead atoms.